The van der Waals surface area contributed by atoms with E-state index >= 15 is 0 Å². The molecule has 1 aliphatic rings. The normalized spacial score (nSPS) is 21.4. The van der Waals surface area contributed by atoms with Gasteiger partial charge in [-0.3, -0.25) is 4.79 Å². The maximum Gasteiger partial charge on any atom is 0.224 e. The summed E-state index contributed by atoms with van der Waals surface area (Å²) >= 11 is 0. The second-order valence-electron chi connectivity index (χ2n) is 8.15. The summed E-state index contributed by atoms with van der Waals surface area (Å²) in [5.74, 6) is 0.827. The number of hydrogen-bond donors (Lipinski definition) is 1. The Kier molecular flexibility index (Phi) is 5.85. The van der Waals surface area contributed by atoms with Crippen molar-refractivity contribution in [3.05, 3.63) is 60.2 Å². The first-order chi connectivity index (χ1) is 12.9. The van der Waals surface area contributed by atoms with Crippen LogP contribution in [0.4, 0.5) is 5.69 Å². The summed E-state index contributed by atoms with van der Waals surface area (Å²) in [6, 6.07) is 17.9. The molecular formula is C23H29NO3. The number of nitrogens with one attached hydrogen (secondary N) is 1. The number of anilines is 1. The number of hydrogen-bond acceptors (Lipinski definition) is 3. The maximum atomic E-state index is 12.9. The molecule has 0 bridgehead atoms. The monoisotopic (exact) mass is 367 g/mol. The molecule has 4 nitrogen and oxygen atoms in total. The third-order valence-electron chi connectivity index (χ3n) is 5.26. The van der Waals surface area contributed by atoms with Gasteiger partial charge in [0.2, 0.25) is 5.91 Å². The maximum absolute atomic E-state index is 12.9. The summed E-state index contributed by atoms with van der Waals surface area (Å²) in [5, 5.41) is 3.04. The quantitative estimate of drug-likeness (QED) is 0.794. The molecule has 2 aromatic carbocycles. The average Bonchev–Trinajstić information content (AvgIpc) is 2.62. The molecule has 1 amide bonds. The number of amides is 1. The van der Waals surface area contributed by atoms with Gasteiger partial charge in [-0.1, -0.05) is 30.3 Å². The van der Waals surface area contributed by atoms with E-state index in [1.54, 1.807) is 7.11 Å². The van der Waals surface area contributed by atoms with Crippen LogP contribution in [0.3, 0.4) is 0 Å². The molecule has 27 heavy (non-hydrogen) atoms. The number of rotatable bonds is 6. The highest BCUT2D eigenvalue weighted by Gasteiger charge is 2.42. The first kappa shape index (κ1) is 19.4. The van der Waals surface area contributed by atoms with Crippen LogP contribution in [0.15, 0.2) is 54.6 Å². The van der Waals surface area contributed by atoms with Crippen LogP contribution in [0.25, 0.3) is 0 Å². The molecule has 0 radical (unpaired) electrons. The van der Waals surface area contributed by atoms with Gasteiger partial charge >= 0.3 is 0 Å². The van der Waals surface area contributed by atoms with Gasteiger partial charge in [0.15, 0.2) is 0 Å². The van der Waals surface area contributed by atoms with Crippen molar-refractivity contribution >= 4 is 11.6 Å². The Bertz CT molecular complexity index is 755. The number of ether oxygens (including phenoxy) is 2. The predicted octanol–water partition coefficient (Wildman–Crippen LogP) is 4.84. The number of carbonyl (C=O) groups is 1. The molecule has 1 atom stereocenters. The molecule has 3 rings (SSSR count). The van der Waals surface area contributed by atoms with E-state index in [0.717, 1.165) is 30.7 Å². The van der Waals surface area contributed by atoms with Crippen LogP contribution in [-0.4, -0.2) is 25.2 Å². The van der Waals surface area contributed by atoms with Gasteiger partial charge in [0.25, 0.3) is 0 Å². The molecule has 0 aromatic heterocycles. The van der Waals surface area contributed by atoms with E-state index in [-0.39, 0.29) is 16.9 Å². The summed E-state index contributed by atoms with van der Waals surface area (Å²) in [5.41, 5.74) is 1.75. The molecule has 0 aliphatic carbocycles. The van der Waals surface area contributed by atoms with Crippen molar-refractivity contribution in [2.24, 2.45) is 5.41 Å². The van der Waals surface area contributed by atoms with Crippen LogP contribution in [0.1, 0.15) is 38.7 Å². The topological polar surface area (TPSA) is 47.6 Å². The zero-order valence-corrected chi connectivity index (χ0v) is 16.5. The van der Waals surface area contributed by atoms with Gasteiger partial charge in [0.1, 0.15) is 5.75 Å². The average molecular weight is 367 g/mol. The Labute approximate surface area is 161 Å². The Hall–Kier alpha value is -2.33. The molecule has 0 unspecified atom stereocenters. The van der Waals surface area contributed by atoms with E-state index in [9.17, 15) is 4.79 Å². The molecular weight excluding hydrogens is 338 g/mol. The third-order valence-corrected chi connectivity index (χ3v) is 5.26. The fraction of sp³-hybridized carbons (Fsp3) is 0.435. The fourth-order valence-corrected chi connectivity index (χ4v) is 4.20. The summed E-state index contributed by atoms with van der Waals surface area (Å²) in [4.78, 5) is 12.9. The van der Waals surface area contributed by atoms with Crippen LogP contribution in [-0.2, 0) is 16.0 Å². The van der Waals surface area contributed by atoms with Crippen molar-refractivity contribution in [1.82, 2.24) is 0 Å². The lowest BCUT2D eigenvalue weighted by molar-refractivity contribution is -0.129. The molecule has 1 aliphatic heterocycles. The van der Waals surface area contributed by atoms with Gasteiger partial charge in [-0.2, -0.15) is 0 Å². The third kappa shape index (κ3) is 5.33. The SMILES string of the molecule is COc1ccc(NC(=O)C[C@]2(Cc3ccccc3)CCOC(C)(C)C2)cc1. The summed E-state index contributed by atoms with van der Waals surface area (Å²) in [6.07, 6.45) is 3.13. The minimum atomic E-state index is -0.215. The van der Waals surface area contributed by atoms with Crippen LogP contribution >= 0.6 is 0 Å². The van der Waals surface area contributed by atoms with Crippen LogP contribution in [0, 0.1) is 5.41 Å². The highest BCUT2D eigenvalue weighted by molar-refractivity contribution is 5.91. The molecule has 0 saturated carbocycles. The van der Waals surface area contributed by atoms with Crippen molar-refractivity contribution in [2.45, 2.75) is 45.1 Å². The van der Waals surface area contributed by atoms with Gasteiger partial charge < -0.3 is 14.8 Å². The van der Waals surface area contributed by atoms with Crippen molar-refractivity contribution in [1.29, 1.82) is 0 Å². The second-order valence-corrected chi connectivity index (χ2v) is 8.15. The Morgan fingerprint density at radius 1 is 1.11 bits per heavy atom. The minimum Gasteiger partial charge on any atom is -0.497 e. The molecule has 4 heteroatoms. The Morgan fingerprint density at radius 2 is 1.81 bits per heavy atom. The first-order valence-electron chi connectivity index (χ1n) is 9.52. The zero-order valence-electron chi connectivity index (χ0n) is 16.5. The largest absolute Gasteiger partial charge is 0.497 e. The smallest absolute Gasteiger partial charge is 0.224 e. The lowest BCUT2D eigenvalue weighted by Crippen LogP contribution is -2.44. The van der Waals surface area contributed by atoms with Crippen molar-refractivity contribution in [2.75, 3.05) is 19.0 Å². The zero-order chi connectivity index (χ0) is 19.3. The lowest BCUT2D eigenvalue weighted by atomic mass is 9.68. The van der Waals surface area contributed by atoms with E-state index in [1.165, 1.54) is 5.56 Å². The number of carbonyl (C=O) groups excluding carboxylic acids is 1. The van der Waals surface area contributed by atoms with E-state index in [1.807, 2.05) is 30.3 Å². The van der Waals surface area contributed by atoms with E-state index in [4.69, 9.17) is 9.47 Å². The molecule has 1 N–H and O–H groups in total. The molecule has 2 aromatic rings. The number of methoxy groups -OCH3 is 1. The highest BCUT2D eigenvalue weighted by atomic mass is 16.5. The fourth-order valence-electron chi connectivity index (χ4n) is 4.20. The summed E-state index contributed by atoms with van der Waals surface area (Å²) in [6.45, 7) is 4.93. The van der Waals surface area contributed by atoms with E-state index < -0.39 is 0 Å². The second kappa shape index (κ2) is 8.13. The standard InChI is InChI=1S/C23H29NO3/c1-22(2)17-23(13-14-27-22,15-18-7-5-4-6-8-18)16-21(25)24-19-9-11-20(26-3)12-10-19/h4-12H,13-17H2,1-3H3,(H,24,25)/t23-/m1/s1. The Morgan fingerprint density at radius 3 is 2.44 bits per heavy atom. The van der Waals surface area contributed by atoms with Crippen LogP contribution in [0.5, 0.6) is 5.75 Å². The molecule has 1 fully saturated rings. The van der Waals surface area contributed by atoms with Gasteiger partial charge in [0.05, 0.1) is 12.7 Å². The molecule has 1 heterocycles. The first-order valence-corrected chi connectivity index (χ1v) is 9.52. The summed E-state index contributed by atoms with van der Waals surface area (Å²) < 4.78 is 11.1. The molecule has 144 valence electrons. The number of benzene rings is 2. The summed E-state index contributed by atoms with van der Waals surface area (Å²) in [7, 11) is 1.63. The van der Waals surface area contributed by atoms with E-state index in [2.05, 4.69) is 43.4 Å². The lowest BCUT2D eigenvalue weighted by Gasteiger charge is -2.45. The van der Waals surface area contributed by atoms with Crippen LogP contribution < -0.4 is 10.1 Å². The predicted molar refractivity (Wildman–Crippen MR) is 108 cm³/mol. The van der Waals surface area contributed by atoms with E-state index in [0.29, 0.717) is 13.0 Å². The molecule has 0 spiro atoms. The Balaban J connectivity index is 1.74. The van der Waals surface area contributed by atoms with Gasteiger partial charge in [-0.15, -0.1) is 0 Å². The van der Waals surface area contributed by atoms with Gasteiger partial charge in [-0.05, 0) is 68.4 Å². The van der Waals surface area contributed by atoms with Crippen molar-refractivity contribution < 1.29 is 14.3 Å². The van der Waals surface area contributed by atoms with Gasteiger partial charge in [-0.25, -0.2) is 0 Å². The molecule has 1 saturated heterocycles. The van der Waals surface area contributed by atoms with Crippen LogP contribution in [0.2, 0.25) is 0 Å². The minimum absolute atomic E-state index is 0.0498. The van der Waals surface area contributed by atoms with Gasteiger partial charge in [0, 0.05) is 18.7 Å². The van der Waals surface area contributed by atoms with Crippen molar-refractivity contribution in [3.63, 3.8) is 0 Å². The highest BCUT2D eigenvalue weighted by Crippen LogP contribution is 2.44. The van der Waals surface area contributed by atoms with Crippen molar-refractivity contribution in [3.8, 4) is 5.75 Å².